The number of carbonyl (C=O) groups is 1. The van der Waals surface area contributed by atoms with E-state index < -0.39 is 0 Å². The van der Waals surface area contributed by atoms with Crippen LogP contribution in [0.25, 0.3) is 15.9 Å². The maximum absolute atomic E-state index is 13.1. The van der Waals surface area contributed by atoms with Crippen LogP contribution in [-0.4, -0.2) is 33.3 Å². The van der Waals surface area contributed by atoms with Gasteiger partial charge in [0.1, 0.15) is 10.5 Å². The third kappa shape index (κ3) is 3.51. The molecule has 0 atom stereocenters. The van der Waals surface area contributed by atoms with Gasteiger partial charge in [0.05, 0.1) is 10.3 Å². The van der Waals surface area contributed by atoms with Gasteiger partial charge in [-0.25, -0.2) is 4.98 Å². The van der Waals surface area contributed by atoms with Crippen LogP contribution in [0, 0.1) is 18.8 Å². The Morgan fingerprint density at radius 3 is 2.50 bits per heavy atom. The van der Waals surface area contributed by atoms with Crippen molar-refractivity contribution in [3.05, 3.63) is 45.2 Å². The van der Waals surface area contributed by atoms with Gasteiger partial charge in [0.25, 0.3) is 11.5 Å². The topological polar surface area (TPSA) is 54.7 Å². The summed E-state index contributed by atoms with van der Waals surface area (Å²) in [6.07, 6.45) is 1.72. The van der Waals surface area contributed by atoms with Crippen LogP contribution >= 0.6 is 11.3 Å². The molecule has 1 amide bonds. The molecule has 3 rings (SSSR count). The molecule has 0 saturated carbocycles. The largest absolute Gasteiger partial charge is 0.337 e. The molecule has 6 heteroatoms. The second-order valence-corrected chi connectivity index (χ2v) is 8.66. The van der Waals surface area contributed by atoms with E-state index in [0.29, 0.717) is 45.7 Å². The first-order chi connectivity index (χ1) is 12.3. The Morgan fingerprint density at radius 2 is 1.88 bits per heavy atom. The van der Waals surface area contributed by atoms with Gasteiger partial charge in [-0.15, -0.1) is 11.3 Å². The molecular weight excluding hydrogens is 346 g/mol. The monoisotopic (exact) mass is 371 g/mol. The molecule has 0 bridgehead atoms. The predicted octanol–water partition coefficient (Wildman–Crippen LogP) is 3.97. The van der Waals surface area contributed by atoms with Crippen LogP contribution in [0.5, 0.6) is 0 Å². The lowest BCUT2D eigenvalue weighted by Gasteiger charge is -2.25. The van der Waals surface area contributed by atoms with Gasteiger partial charge >= 0.3 is 0 Å². The summed E-state index contributed by atoms with van der Waals surface area (Å²) in [5, 5.41) is 0.510. The molecule has 0 aliphatic heterocycles. The number of thiophene rings is 1. The third-order valence-corrected chi connectivity index (χ3v) is 5.22. The van der Waals surface area contributed by atoms with Gasteiger partial charge in [-0.2, -0.15) is 0 Å². The molecule has 3 aromatic rings. The van der Waals surface area contributed by atoms with Crippen LogP contribution in [0.4, 0.5) is 0 Å². The molecule has 0 spiro atoms. The number of amides is 1. The summed E-state index contributed by atoms with van der Waals surface area (Å²) < 4.78 is 1.55. The van der Waals surface area contributed by atoms with Crippen LogP contribution in [0.1, 0.15) is 42.9 Å². The van der Waals surface area contributed by atoms with Crippen molar-refractivity contribution in [2.45, 2.75) is 34.6 Å². The number of pyridine rings is 1. The molecule has 0 aliphatic rings. The highest BCUT2D eigenvalue weighted by atomic mass is 32.1. The maximum Gasteiger partial charge on any atom is 0.266 e. The van der Waals surface area contributed by atoms with E-state index in [9.17, 15) is 9.59 Å². The van der Waals surface area contributed by atoms with E-state index in [1.165, 1.54) is 11.3 Å². The zero-order valence-electron chi connectivity index (χ0n) is 15.9. The fourth-order valence-electron chi connectivity index (χ4n) is 3.14. The molecule has 3 heterocycles. The predicted molar refractivity (Wildman–Crippen MR) is 107 cm³/mol. The SMILES string of the molecule is Cc1cccn2c(=O)c3cc(C(=O)N(CC(C)C)CC(C)C)sc3nc12. The molecular formula is C20H25N3O2S. The lowest BCUT2D eigenvalue weighted by atomic mass is 10.1. The van der Waals surface area contributed by atoms with Gasteiger partial charge in [-0.3, -0.25) is 14.0 Å². The van der Waals surface area contributed by atoms with Crippen LogP contribution in [-0.2, 0) is 0 Å². The van der Waals surface area contributed by atoms with Gasteiger partial charge < -0.3 is 4.90 Å². The van der Waals surface area contributed by atoms with Gasteiger partial charge in [-0.1, -0.05) is 33.8 Å². The van der Waals surface area contributed by atoms with Crippen molar-refractivity contribution >= 4 is 33.1 Å². The smallest absolute Gasteiger partial charge is 0.266 e. The van der Waals surface area contributed by atoms with Gasteiger partial charge in [0.15, 0.2) is 0 Å². The second kappa shape index (κ2) is 7.19. The number of hydrogen-bond donors (Lipinski definition) is 0. The average Bonchev–Trinajstić information content (AvgIpc) is 2.98. The van der Waals surface area contributed by atoms with E-state index in [0.717, 1.165) is 5.56 Å². The van der Waals surface area contributed by atoms with Gasteiger partial charge in [0, 0.05) is 19.3 Å². The molecule has 0 fully saturated rings. The normalized spacial score (nSPS) is 11.8. The minimum absolute atomic E-state index is 0.0134. The van der Waals surface area contributed by atoms with Crippen molar-refractivity contribution < 1.29 is 4.79 Å². The Balaban J connectivity index is 2.09. The fraction of sp³-hybridized carbons (Fsp3) is 0.450. The minimum Gasteiger partial charge on any atom is -0.337 e. The Labute approximate surface area is 157 Å². The molecule has 0 aliphatic carbocycles. The van der Waals surface area contributed by atoms with Crippen molar-refractivity contribution in [1.29, 1.82) is 0 Å². The van der Waals surface area contributed by atoms with E-state index in [1.807, 2.05) is 24.0 Å². The molecule has 0 N–H and O–H groups in total. The number of aryl methyl sites for hydroxylation is 1. The Kier molecular flexibility index (Phi) is 5.14. The Bertz CT molecular complexity index is 1010. The molecule has 5 nitrogen and oxygen atoms in total. The van der Waals surface area contributed by atoms with Gasteiger partial charge in [-0.05, 0) is 36.5 Å². The lowest BCUT2D eigenvalue weighted by Crippen LogP contribution is -2.36. The number of fused-ring (bicyclic) bond motifs is 2. The molecule has 0 saturated heterocycles. The summed E-state index contributed by atoms with van der Waals surface area (Å²) in [7, 11) is 0. The first-order valence-electron chi connectivity index (χ1n) is 8.98. The van der Waals surface area contributed by atoms with Crippen molar-refractivity contribution in [2.24, 2.45) is 11.8 Å². The minimum atomic E-state index is -0.122. The number of carbonyl (C=O) groups excluding carboxylic acids is 1. The van der Waals surface area contributed by atoms with Crippen LogP contribution in [0.15, 0.2) is 29.2 Å². The summed E-state index contributed by atoms with van der Waals surface area (Å²) in [5.41, 5.74) is 1.46. The fourth-order valence-corrected chi connectivity index (χ4v) is 4.13. The van der Waals surface area contributed by atoms with Crippen molar-refractivity contribution in [3.8, 4) is 0 Å². The van der Waals surface area contributed by atoms with E-state index in [1.54, 1.807) is 16.7 Å². The molecule has 3 aromatic heterocycles. The Hall–Kier alpha value is -2.21. The molecule has 0 radical (unpaired) electrons. The van der Waals surface area contributed by atoms with Crippen molar-refractivity contribution in [2.75, 3.05) is 13.1 Å². The van der Waals surface area contributed by atoms with Crippen LogP contribution < -0.4 is 5.56 Å². The van der Waals surface area contributed by atoms with Crippen molar-refractivity contribution in [1.82, 2.24) is 14.3 Å². The van der Waals surface area contributed by atoms with E-state index in [2.05, 4.69) is 32.7 Å². The highest BCUT2D eigenvalue weighted by molar-refractivity contribution is 7.20. The number of nitrogens with zero attached hydrogens (tertiary/aromatic N) is 3. The van der Waals surface area contributed by atoms with Gasteiger partial charge in [0.2, 0.25) is 0 Å². The lowest BCUT2D eigenvalue weighted by molar-refractivity contribution is 0.0720. The highest BCUT2D eigenvalue weighted by Gasteiger charge is 2.22. The average molecular weight is 372 g/mol. The summed E-state index contributed by atoms with van der Waals surface area (Å²) in [4.78, 5) is 33.6. The summed E-state index contributed by atoms with van der Waals surface area (Å²) in [6, 6.07) is 5.48. The second-order valence-electron chi connectivity index (χ2n) is 7.63. The summed E-state index contributed by atoms with van der Waals surface area (Å²) >= 11 is 1.31. The molecule has 138 valence electrons. The molecule has 0 unspecified atom stereocenters. The summed E-state index contributed by atoms with van der Waals surface area (Å²) in [5.74, 6) is 0.766. The van der Waals surface area contributed by atoms with Crippen molar-refractivity contribution in [3.63, 3.8) is 0 Å². The van der Waals surface area contributed by atoms with E-state index >= 15 is 0 Å². The maximum atomic E-state index is 13.1. The zero-order valence-corrected chi connectivity index (χ0v) is 16.8. The highest BCUT2D eigenvalue weighted by Crippen LogP contribution is 2.24. The first kappa shape index (κ1) is 18.6. The quantitative estimate of drug-likeness (QED) is 0.682. The number of aromatic nitrogens is 2. The van der Waals surface area contributed by atoms with E-state index in [4.69, 9.17) is 0 Å². The molecule has 26 heavy (non-hydrogen) atoms. The third-order valence-electron chi connectivity index (χ3n) is 4.20. The van der Waals surface area contributed by atoms with Crippen LogP contribution in [0.2, 0.25) is 0 Å². The first-order valence-corrected chi connectivity index (χ1v) is 9.80. The standard InChI is InChI=1S/C20H25N3O2S/c1-12(2)10-22(11-13(3)4)20(25)16-9-15-18(26-16)21-17-14(5)7-6-8-23(17)19(15)24/h6-9,12-13H,10-11H2,1-5H3. The number of hydrogen-bond acceptors (Lipinski definition) is 4. The molecule has 0 aromatic carbocycles. The number of rotatable bonds is 5. The van der Waals surface area contributed by atoms with Crippen LogP contribution in [0.3, 0.4) is 0 Å². The zero-order chi connectivity index (χ0) is 19.0. The van der Waals surface area contributed by atoms with E-state index in [-0.39, 0.29) is 11.5 Å². The summed E-state index contributed by atoms with van der Waals surface area (Å²) in [6.45, 7) is 11.8. The Morgan fingerprint density at radius 1 is 1.23 bits per heavy atom.